The molecule has 0 aliphatic heterocycles. The second kappa shape index (κ2) is 12.7. The minimum Gasteiger partial charge on any atom is -0.464 e. The van der Waals surface area contributed by atoms with Crippen LogP contribution in [0, 0.1) is 0 Å². The van der Waals surface area contributed by atoms with Gasteiger partial charge in [-0.3, -0.25) is 9.59 Å². The number of ether oxygens (including phenoxy) is 1. The molecule has 1 amide bonds. The maximum Gasteiger partial charge on any atom is 0.329 e. The third kappa shape index (κ3) is 8.42. The second-order valence-electron chi connectivity index (χ2n) is 7.21. The van der Waals surface area contributed by atoms with Crippen molar-refractivity contribution in [2.24, 2.45) is 0 Å². The van der Waals surface area contributed by atoms with E-state index in [2.05, 4.69) is 0 Å². The van der Waals surface area contributed by atoms with Crippen molar-refractivity contribution in [3.8, 4) is 0 Å². The average Bonchev–Trinajstić information content (AvgIpc) is 2.75. The molecule has 0 N–H and O–H groups in total. The summed E-state index contributed by atoms with van der Waals surface area (Å²) in [4.78, 5) is 39.9. The molecule has 2 aromatic carbocycles. The number of carbonyl (C=O) groups is 3. The molecule has 2 rings (SSSR count). The highest BCUT2D eigenvalue weighted by Crippen LogP contribution is 2.21. The minimum absolute atomic E-state index is 0.214. The van der Waals surface area contributed by atoms with Crippen molar-refractivity contribution in [2.75, 3.05) is 12.4 Å². The molecule has 5 nitrogen and oxygen atoms in total. The van der Waals surface area contributed by atoms with Crippen molar-refractivity contribution in [1.82, 2.24) is 4.90 Å². The van der Waals surface area contributed by atoms with E-state index in [-0.39, 0.29) is 18.8 Å². The summed E-state index contributed by atoms with van der Waals surface area (Å²) in [6.45, 7) is 5.23. The number of thioether (sulfide) groups is 1. The van der Waals surface area contributed by atoms with Gasteiger partial charge in [0.15, 0.2) is 0 Å². The normalized spacial score (nSPS) is 12.2. The molecule has 6 heteroatoms. The predicted octanol–water partition coefficient (Wildman–Crippen LogP) is 4.66. The summed E-state index contributed by atoms with van der Waals surface area (Å²) in [6, 6.07) is 18.6. The van der Waals surface area contributed by atoms with Gasteiger partial charge in [-0.25, -0.2) is 4.79 Å². The molecule has 0 fully saturated rings. The number of hydrogen-bond acceptors (Lipinski definition) is 5. The molecule has 0 bridgehead atoms. The van der Waals surface area contributed by atoms with Crippen LogP contribution in [0.4, 0.5) is 0 Å². The molecule has 0 saturated heterocycles. The lowest BCUT2D eigenvalue weighted by Crippen LogP contribution is -2.44. The molecule has 1 unspecified atom stereocenters. The van der Waals surface area contributed by atoms with Gasteiger partial charge >= 0.3 is 5.97 Å². The quantitative estimate of drug-likeness (QED) is 0.289. The van der Waals surface area contributed by atoms with Crippen LogP contribution in [0.3, 0.4) is 0 Å². The van der Waals surface area contributed by atoms with Crippen LogP contribution in [-0.4, -0.2) is 41.0 Å². The Morgan fingerprint density at radius 1 is 1.00 bits per heavy atom. The minimum atomic E-state index is -0.842. The van der Waals surface area contributed by atoms with Crippen LogP contribution in [0.15, 0.2) is 77.3 Å². The summed E-state index contributed by atoms with van der Waals surface area (Å²) >= 11 is 1.64. The van der Waals surface area contributed by atoms with Crippen molar-refractivity contribution in [3.63, 3.8) is 0 Å². The monoisotopic (exact) mass is 439 g/mol. The third-order valence-corrected chi connectivity index (χ3v) is 5.63. The van der Waals surface area contributed by atoms with E-state index < -0.39 is 17.9 Å². The number of carbonyl (C=O) groups excluding carboxylic acids is 3. The van der Waals surface area contributed by atoms with E-state index in [0.717, 1.165) is 16.0 Å². The molecular weight excluding hydrogens is 410 g/mol. The lowest BCUT2D eigenvalue weighted by atomic mass is 10.0. The molecule has 0 aliphatic rings. The molecule has 0 radical (unpaired) electrons. The third-order valence-electron chi connectivity index (χ3n) is 4.42. The van der Waals surface area contributed by atoms with Crippen molar-refractivity contribution < 1.29 is 19.1 Å². The predicted molar refractivity (Wildman–Crippen MR) is 124 cm³/mol. The lowest BCUT2D eigenvalue weighted by Gasteiger charge is -2.28. The van der Waals surface area contributed by atoms with E-state index in [1.54, 1.807) is 24.9 Å². The van der Waals surface area contributed by atoms with Gasteiger partial charge < -0.3 is 9.64 Å². The van der Waals surface area contributed by atoms with Crippen molar-refractivity contribution >= 4 is 29.4 Å². The molecule has 0 heterocycles. The molecule has 164 valence electrons. The van der Waals surface area contributed by atoms with Gasteiger partial charge in [0.25, 0.3) is 0 Å². The molecule has 2 aromatic rings. The van der Waals surface area contributed by atoms with Gasteiger partial charge in [0, 0.05) is 23.3 Å². The van der Waals surface area contributed by atoms with Crippen molar-refractivity contribution in [2.45, 2.75) is 44.6 Å². The lowest BCUT2D eigenvalue weighted by molar-refractivity contribution is -0.153. The highest BCUT2D eigenvalue weighted by molar-refractivity contribution is 7.99. The number of nitrogens with zero attached hydrogens (tertiary/aromatic N) is 1. The molecule has 0 aromatic heterocycles. The molecule has 31 heavy (non-hydrogen) atoms. The van der Waals surface area contributed by atoms with E-state index in [4.69, 9.17) is 4.74 Å². The van der Waals surface area contributed by atoms with Gasteiger partial charge in [-0.2, -0.15) is 0 Å². The van der Waals surface area contributed by atoms with Crippen LogP contribution >= 0.6 is 11.8 Å². The maximum atomic E-state index is 12.9. The van der Waals surface area contributed by atoms with Crippen LogP contribution < -0.4 is 0 Å². The van der Waals surface area contributed by atoms with Gasteiger partial charge in [-0.05, 0) is 44.0 Å². The summed E-state index contributed by atoms with van der Waals surface area (Å²) < 4.78 is 5.27. The zero-order valence-electron chi connectivity index (χ0n) is 18.2. The Labute approximate surface area is 188 Å². The molecule has 0 saturated carbocycles. The van der Waals surface area contributed by atoms with Crippen LogP contribution in [0.25, 0.3) is 0 Å². The highest BCUT2D eigenvalue weighted by atomic mass is 32.2. The van der Waals surface area contributed by atoms with Gasteiger partial charge in [-0.15, -0.1) is 11.8 Å². The van der Waals surface area contributed by atoms with E-state index >= 15 is 0 Å². The van der Waals surface area contributed by atoms with Crippen LogP contribution in [-0.2, 0) is 25.5 Å². The van der Waals surface area contributed by atoms with Gasteiger partial charge in [0.2, 0.25) is 5.91 Å². The van der Waals surface area contributed by atoms with Crippen LogP contribution in [0.1, 0.15) is 32.8 Å². The van der Waals surface area contributed by atoms with Gasteiger partial charge in [0.05, 0.1) is 13.0 Å². The fourth-order valence-corrected chi connectivity index (χ4v) is 3.82. The van der Waals surface area contributed by atoms with E-state index in [0.29, 0.717) is 12.2 Å². The van der Waals surface area contributed by atoms with Crippen molar-refractivity contribution in [1.29, 1.82) is 0 Å². The smallest absolute Gasteiger partial charge is 0.329 e. The SMILES string of the molecule is CCOC(=O)C(Cc1ccccc1)N(/C=C(\C)CSc1ccccc1)C(=O)CC(C)=O. The van der Waals surface area contributed by atoms with Crippen LogP contribution in [0.2, 0.25) is 0 Å². The Balaban J connectivity index is 2.30. The zero-order chi connectivity index (χ0) is 22.6. The standard InChI is InChI=1S/C25H29NO4S/c1-4-30-25(29)23(16-21-11-7-5-8-12-21)26(24(28)15-20(3)27)17-19(2)18-31-22-13-9-6-10-14-22/h5-14,17,23H,4,15-16,18H2,1-3H3/b19-17+. The number of hydrogen-bond donors (Lipinski definition) is 0. The zero-order valence-corrected chi connectivity index (χ0v) is 19.1. The molecule has 0 aliphatic carbocycles. The number of benzene rings is 2. The topological polar surface area (TPSA) is 63.7 Å². The molecule has 1 atom stereocenters. The first-order valence-electron chi connectivity index (χ1n) is 10.3. The number of Topliss-reactive ketones (excluding diaryl/α,β-unsaturated/α-hetero) is 1. The van der Waals surface area contributed by atoms with Gasteiger partial charge in [0.1, 0.15) is 11.8 Å². The highest BCUT2D eigenvalue weighted by Gasteiger charge is 2.30. The first-order valence-corrected chi connectivity index (χ1v) is 11.3. The molecular formula is C25H29NO4S. The Bertz CT molecular complexity index is 896. The summed E-state index contributed by atoms with van der Waals surface area (Å²) in [5, 5.41) is 0. The number of ketones is 1. The van der Waals surface area contributed by atoms with E-state index in [1.807, 2.05) is 67.6 Å². The number of rotatable bonds is 11. The van der Waals surface area contributed by atoms with Gasteiger partial charge in [-0.1, -0.05) is 48.5 Å². The summed E-state index contributed by atoms with van der Waals surface area (Å²) in [7, 11) is 0. The first kappa shape index (κ1) is 24.4. The first-order chi connectivity index (χ1) is 14.9. The fraction of sp³-hybridized carbons (Fsp3) is 0.320. The Morgan fingerprint density at radius 2 is 1.61 bits per heavy atom. The number of amides is 1. The fourth-order valence-electron chi connectivity index (χ4n) is 3.00. The second-order valence-corrected chi connectivity index (χ2v) is 8.26. The number of esters is 1. The summed E-state index contributed by atoms with van der Waals surface area (Å²) in [5.41, 5.74) is 1.82. The largest absolute Gasteiger partial charge is 0.464 e. The Morgan fingerprint density at radius 3 is 2.19 bits per heavy atom. The van der Waals surface area contributed by atoms with Crippen LogP contribution in [0.5, 0.6) is 0 Å². The molecule has 0 spiro atoms. The Hall–Kier alpha value is -2.86. The summed E-state index contributed by atoms with van der Waals surface area (Å²) in [5.74, 6) is -0.495. The van der Waals surface area contributed by atoms with Crippen molar-refractivity contribution in [3.05, 3.63) is 78.0 Å². The summed E-state index contributed by atoms with van der Waals surface area (Å²) in [6.07, 6.45) is 1.73. The van der Waals surface area contributed by atoms with E-state index in [1.165, 1.54) is 11.8 Å². The Kier molecular flexibility index (Phi) is 10.0. The average molecular weight is 440 g/mol. The van der Waals surface area contributed by atoms with E-state index in [9.17, 15) is 14.4 Å². The maximum absolute atomic E-state index is 12.9.